The Balaban J connectivity index is 1.74. The monoisotopic (exact) mass is 442 g/mol. The van der Waals surface area contributed by atoms with E-state index in [-0.39, 0.29) is 11.5 Å². The van der Waals surface area contributed by atoms with Crippen LogP contribution in [0.2, 0.25) is 0 Å². The molecule has 4 aromatic carbocycles. The maximum Gasteiger partial charge on any atom is 0.416 e. The van der Waals surface area contributed by atoms with Crippen LogP contribution >= 0.6 is 0 Å². The second kappa shape index (κ2) is 8.06. The van der Waals surface area contributed by atoms with Gasteiger partial charge in [-0.15, -0.1) is 0 Å². The molecule has 0 fully saturated rings. The van der Waals surface area contributed by atoms with Gasteiger partial charge in [0.2, 0.25) is 0 Å². The number of fused-ring (bicyclic) bond motifs is 2. The van der Waals surface area contributed by atoms with E-state index in [1.54, 1.807) is 30.3 Å². The first-order valence-electron chi connectivity index (χ1n) is 10.3. The maximum absolute atomic E-state index is 13.3. The lowest BCUT2D eigenvalue weighted by molar-refractivity contribution is -0.137. The van der Waals surface area contributed by atoms with E-state index in [9.17, 15) is 18.0 Å². The molecule has 0 spiro atoms. The molecule has 33 heavy (non-hydrogen) atoms. The second-order valence-electron chi connectivity index (χ2n) is 7.58. The van der Waals surface area contributed by atoms with Crippen molar-refractivity contribution in [1.82, 2.24) is 9.55 Å². The van der Waals surface area contributed by atoms with Gasteiger partial charge in [0.15, 0.2) is 0 Å². The van der Waals surface area contributed by atoms with Gasteiger partial charge < -0.3 is 0 Å². The predicted octanol–water partition coefficient (Wildman–Crippen LogP) is 6.73. The van der Waals surface area contributed by atoms with Gasteiger partial charge in [0, 0.05) is 0 Å². The Morgan fingerprint density at radius 3 is 2.27 bits per heavy atom. The molecule has 0 amide bonds. The van der Waals surface area contributed by atoms with Gasteiger partial charge in [-0.3, -0.25) is 9.36 Å². The van der Waals surface area contributed by atoms with E-state index >= 15 is 0 Å². The SMILES string of the molecule is O=c1c2ccccc2nc(C=Cc2cccc3ccccc23)n1-c1cccc(C(F)(F)F)c1. The molecule has 0 aliphatic heterocycles. The highest BCUT2D eigenvalue weighted by atomic mass is 19.4. The van der Waals surface area contributed by atoms with Crippen molar-refractivity contribution in [1.29, 1.82) is 0 Å². The first-order chi connectivity index (χ1) is 15.9. The highest BCUT2D eigenvalue weighted by molar-refractivity contribution is 5.92. The van der Waals surface area contributed by atoms with Crippen molar-refractivity contribution in [3.63, 3.8) is 0 Å². The van der Waals surface area contributed by atoms with E-state index in [0.29, 0.717) is 10.9 Å². The van der Waals surface area contributed by atoms with E-state index in [0.717, 1.165) is 28.5 Å². The minimum atomic E-state index is -4.52. The molecule has 0 bridgehead atoms. The molecule has 3 nitrogen and oxygen atoms in total. The fourth-order valence-electron chi connectivity index (χ4n) is 3.89. The molecule has 0 saturated carbocycles. The molecule has 162 valence electrons. The van der Waals surface area contributed by atoms with Gasteiger partial charge >= 0.3 is 6.18 Å². The summed E-state index contributed by atoms with van der Waals surface area (Å²) in [5.74, 6) is 0.242. The molecule has 1 aromatic heterocycles. The maximum atomic E-state index is 13.3. The predicted molar refractivity (Wildman–Crippen MR) is 125 cm³/mol. The number of alkyl halides is 3. The number of hydrogen-bond acceptors (Lipinski definition) is 2. The van der Waals surface area contributed by atoms with Crippen molar-refractivity contribution < 1.29 is 13.2 Å². The lowest BCUT2D eigenvalue weighted by Gasteiger charge is -2.14. The lowest BCUT2D eigenvalue weighted by atomic mass is 10.0. The molecule has 0 atom stereocenters. The summed E-state index contributed by atoms with van der Waals surface area (Å²) in [6.45, 7) is 0. The Kier molecular flexibility index (Phi) is 5.05. The first-order valence-corrected chi connectivity index (χ1v) is 10.3. The summed E-state index contributed by atoms with van der Waals surface area (Å²) in [5.41, 5.74) is 0.224. The van der Waals surface area contributed by atoms with Crippen molar-refractivity contribution in [2.24, 2.45) is 0 Å². The average molecular weight is 442 g/mol. The minimum Gasteiger partial charge on any atom is -0.268 e. The summed E-state index contributed by atoms with van der Waals surface area (Å²) in [6.07, 6.45) is -1.04. The van der Waals surface area contributed by atoms with E-state index in [1.165, 1.54) is 16.7 Å². The van der Waals surface area contributed by atoms with E-state index in [1.807, 2.05) is 48.5 Å². The van der Waals surface area contributed by atoms with Gasteiger partial charge in [0.25, 0.3) is 5.56 Å². The topological polar surface area (TPSA) is 34.9 Å². The van der Waals surface area contributed by atoms with E-state index in [4.69, 9.17) is 0 Å². The van der Waals surface area contributed by atoms with Gasteiger partial charge in [-0.05, 0) is 52.7 Å². The van der Waals surface area contributed by atoms with Gasteiger partial charge in [-0.25, -0.2) is 4.98 Å². The standard InChI is InChI=1S/C27H17F3N2O/c28-27(29,30)20-10-6-11-21(17-20)32-25(31-24-14-4-3-13-23(24)26(32)33)16-15-19-9-5-8-18-7-1-2-12-22(18)19/h1-17H. The first kappa shape index (κ1) is 20.7. The second-order valence-corrected chi connectivity index (χ2v) is 7.58. The lowest BCUT2D eigenvalue weighted by Crippen LogP contribution is -2.22. The van der Waals surface area contributed by atoms with Gasteiger partial charge in [0.1, 0.15) is 5.82 Å². The Hall–Kier alpha value is -4.19. The normalized spacial score (nSPS) is 12.1. The number of nitrogens with zero attached hydrogens (tertiary/aromatic N) is 2. The van der Waals surface area contributed by atoms with Crippen LogP contribution in [0.5, 0.6) is 0 Å². The smallest absolute Gasteiger partial charge is 0.268 e. The summed E-state index contributed by atoms with van der Waals surface area (Å²) < 4.78 is 41.2. The molecular formula is C27H17F3N2O. The zero-order valence-corrected chi connectivity index (χ0v) is 17.3. The van der Waals surface area contributed by atoms with Crippen molar-refractivity contribution in [3.8, 4) is 5.69 Å². The third kappa shape index (κ3) is 3.91. The van der Waals surface area contributed by atoms with Crippen LogP contribution in [0.4, 0.5) is 13.2 Å². The molecule has 0 N–H and O–H groups in total. The van der Waals surface area contributed by atoms with Crippen LogP contribution < -0.4 is 5.56 Å². The van der Waals surface area contributed by atoms with Crippen LogP contribution in [0.25, 0.3) is 39.5 Å². The van der Waals surface area contributed by atoms with Gasteiger partial charge in [-0.1, -0.05) is 66.7 Å². The van der Waals surface area contributed by atoms with Crippen molar-refractivity contribution in [2.45, 2.75) is 6.18 Å². The van der Waals surface area contributed by atoms with Crippen LogP contribution in [0.3, 0.4) is 0 Å². The molecule has 6 heteroatoms. The van der Waals surface area contributed by atoms with Gasteiger partial charge in [-0.2, -0.15) is 13.2 Å². The van der Waals surface area contributed by atoms with Crippen molar-refractivity contribution in [2.75, 3.05) is 0 Å². The molecule has 0 aliphatic rings. The molecule has 1 heterocycles. The van der Waals surface area contributed by atoms with E-state index in [2.05, 4.69) is 4.98 Å². The number of hydrogen-bond donors (Lipinski definition) is 0. The Bertz CT molecular complexity index is 1580. The fraction of sp³-hybridized carbons (Fsp3) is 0.0370. The summed E-state index contributed by atoms with van der Waals surface area (Å²) in [4.78, 5) is 17.9. The van der Waals surface area contributed by atoms with Crippen LogP contribution in [0.1, 0.15) is 17.0 Å². The van der Waals surface area contributed by atoms with Crippen LogP contribution in [-0.2, 0) is 6.18 Å². The number of para-hydroxylation sites is 1. The highest BCUT2D eigenvalue weighted by Gasteiger charge is 2.30. The molecule has 0 radical (unpaired) electrons. The third-order valence-corrected chi connectivity index (χ3v) is 5.47. The van der Waals surface area contributed by atoms with Crippen LogP contribution in [0.15, 0.2) is 95.8 Å². The minimum absolute atomic E-state index is 0.102. The van der Waals surface area contributed by atoms with Crippen molar-refractivity contribution >= 4 is 33.8 Å². The average Bonchev–Trinajstić information content (AvgIpc) is 2.82. The van der Waals surface area contributed by atoms with E-state index < -0.39 is 17.3 Å². The molecule has 0 aliphatic carbocycles. The number of aromatic nitrogens is 2. The quantitative estimate of drug-likeness (QED) is 0.311. The van der Waals surface area contributed by atoms with Crippen molar-refractivity contribution in [3.05, 3.63) is 118 Å². The number of halogens is 3. The number of benzene rings is 4. The zero-order chi connectivity index (χ0) is 23.0. The molecular weight excluding hydrogens is 425 g/mol. The molecule has 0 saturated heterocycles. The Morgan fingerprint density at radius 1 is 0.758 bits per heavy atom. The summed E-state index contributed by atoms with van der Waals surface area (Å²) in [5, 5.41) is 2.41. The molecule has 5 rings (SSSR count). The Labute approximate surface area is 187 Å². The van der Waals surface area contributed by atoms with Gasteiger partial charge in [0.05, 0.1) is 22.2 Å². The number of rotatable bonds is 3. The highest BCUT2D eigenvalue weighted by Crippen LogP contribution is 2.30. The third-order valence-electron chi connectivity index (χ3n) is 5.47. The Morgan fingerprint density at radius 2 is 1.45 bits per heavy atom. The van der Waals surface area contributed by atoms with Crippen LogP contribution in [-0.4, -0.2) is 9.55 Å². The fourth-order valence-corrected chi connectivity index (χ4v) is 3.89. The van der Waals surface area contributed by atoms with Crippen LogP contribution in [0, 0.1) is 0 Å². The summed E-state index contributed by atoms with van der Waals surface area (Å²) in [6, 6.07) is 25.2. The zero-order valence-electron chi connectivity index (χ0n) is 17.3. The molecule has 0 unspecified atom stereocenters. The summed E-state index contributed by atoms with van der Waals surface area (Å²) >= 11 is 0. The summed E-state index contributed by atoms with van der Waals surface area (Å²) in [7, 11) is 0. The largest absolute Gasteiger partial charge is 0.416 e. The molecule has 5 aromatic rings.